The van der Waals surface area contributed by atoms with Crippen LogP contribution < -0.4 is 0 Å². The third-order valence-corrected chi connectivity index (χ3v) is 5.33. The maximum Gasteiger partial charge on any atom is 0.139 e. The molecule has 1 heterocycles. The normalized spacial score (nSPS) is 19.3. The lowest BCUT2D eigenvalue weighted by Crippen LogP contribution is -2.21. The monoisotopic (exact) mass is 372 g/mol. The molecular weight excluding hydrogens is 355 g/mol. The van der Waals surface area contributed by atoms with Crippen molar-refractivity contribution in [2.45, 2.75) is 51.5 Å². The van der Waals surface area contributed by atoms with E-state index in [-0.39, 0.29) is 16.6 Å². The van der Waals surface area contributed by atoms with Gasteiger partial charge < -0.3 is 4.57 Å². The van der Waals surface area contributed by atoms with Crippen LogP contribution in [0.4, 0.5) is 4.39 Å². The van der Waals surface area contributed by atoms with Crippen molar-refractivity contribution in [1.29, 1.82) is 0 Å². The van der Waals surface area contributed by atoms with E-state index in [0.29, 0.717) is 9.99 Å². The average Bonchev–Trinajstić information content (AvgIpc) is 2.97. The van der Waals surface area contributed by atoms with Crippen molar-refractivity contribution in [2.75, 3.05) is 0 Å². The van der Waals surface area contributed by atoms with Gasteiger partial charge in [-0.25, -0.2) is 9.37 Å². The Balaban J connectivity index is 2.13. The molecule has 2 aromatic rings. The van der Waals surface area contributed by atoms with Crippen molar-refractivity contribution in [3.05, 3.63) is 28.2 Å². The SMILES string of the molecule is CC(Cl)c1nc2cc(F)c(Br)cc2n1CC1(C)CCCC1. The fourth-order valence-corrected chi connectivity index (χ4v) is 3.87. The van der Waals surface area contributed by atoms with E-state index in [1.165, 1.54) is 31.7 Å². The van der Waals surface area contributed by atoms with Crippen LogP contribution in [0.5, 0.6) is 0 Å². The zero-order valence-corrected chi connectivity index (χ0v) is 14.6. The molecule has 2 nitrogen and oxygen atoms in total. The summed E-state index contributed by atoms with van der Waals surface area (Å²) >= 11 is 9.58. The average molecular weight is 374 g/mol. The fourth-order valence-electron chi connectivity index (χ4n) is 3.38. The van der Waals surface area contributed by atoms with Gasteiger partial charge in [-0.1, -0.05) is 19.8 Å². The van der Waals surface area contributed by atoms with Gasteiger partial charge in [0.15, 0.2) is 0 Å². The van der Waals surface area contributed by atoms with Gasteiger partial charge in [-0.2, -0.15) is 0 Å². The van der Waals surface area contributed by atoms with Crippen LogP contribution in [-0.4, -0.2) is 9.55 Å². The highest BCUT2D eigenvalue weighted by atomic mass is 79.9. The lowest BCUT2D eigenvalue weighted by molar-refractivity contribution is 0.281. The van der Waals surface area contributed by atoms with E-state index in [1.54, 1.807) is 0 Å². The van der Waals surface area contributed by atoms with E-state index in [2.05, 4.69) is 32.4 Å². The van der Waals surface area contributed by atoms with Gasteiger partial charge in [-0.15, -0.1) is 11.6 Å². The summed E-state index contributed by atoms with van der Waals surface area (Å²) < 4.78 is 16.4. The van der Waals surface area contributed by atoms with E-state index in [0.717, 1.165) is 17.9 Å². The maximum absolute atomic E-state index is 13.7. The summed E-state index contributed by atoms with van der Waals surface area (Å²) in [5.74, 6) is 0.547. The summed E-state index contributed by atoms with van der Waals surface area (Å²) in [6.45, 7) is 5.14. The lowest BCUT2D eigenvalue weighted by atomic mass is 9.88. The first kappa shape index (κ1) is 15.3. The molecule has 1 aromatic heterocycles. The third-order valence-electron chi connectivity index (χ3n) is 4.53. The number of rotatable bonds is 3. The number of hydrogen-bond acceptors (Lipinski definition) is 1. The van der Waals surface area contributed by atoms with Gasteiger partial charge in [0, 0.05) is 12.6 Å². The molecule has 1 saturated carbocycles. The number of aromatic nitrogens is 2. The standard InChI is InChI=1S/C16H19BrClFN2/c1-10(18)15-20-13-8-12(19)11(17)7-14(13)21(15)9-16(2)5-3-4-6-16/h7-8,10H,3-6,9H2,1-2H3. The number of alkyl halides is 1. The molecule has 3 rings (SSSR count). The Labute approximate surface area is 137 Å². The summed E-state index contributed by atoms with van der Waals surface area (Å²) in [5.41, 5.74) is 1.92. The minimum atomic E-state index is -0.284. The largest absolute Gasteiger partial charge is 0.326 e. The van der Waals surface area contributed by atoms with Crippen molar-refractivity contribution in [1.82, 2.24) is 9.55 Å². The molecule has 5 heteroatoms. The minimum absolute atomic E-state index is 0.191. The summed E-state index contributed by atoms with van der Waals surface area (Å²) in [5, 5.41) is -0.191. The molecule has 0 aliphatic heterocycles. The zero-order valence-electron chi connectivity index (χ0n) is 12.3. The van der Waals surface area contributed by atoms with Crippen molar-refractivity contribution in [2.24, 2.45) is 5.41 Å². The molecule has 0 spiro atoms. The van der Waals surface area contributed by atoms with Gasteiger partial charge in [-0.3, -0.25) is 0 Å². The molecule has 0 radical (unpaired) electrons. The van der Waals surface area contributed by atoms with Crippen molar-refractivity contribution < 1.29 is 4.39 Å². The summed E-state index contributed by atoms with van der Waals surface area (Å²) in [4.78, 5) is 4.56. The number of benzene rings is 1. The van der Waals surface area contributed by atoms with Crippen molar-refractivity contribution >= 4 is 38.6 Å². The van der Waals surface area contributed by atoms with Gasteiger partial charge in [-0.05, 0) is 47.2 Å². The highest BCUT2D eigenvalue weighted by Crippen LogP contribution is 2.41. The highest BCUT2D eigenvalue weighted by molar-refractivity contribution is 9.10. The zero-order chi connectivity index (χ0) is 15.2. The van der Waals surface area contributed by atoms with Crippen molar-refractivity contribution in [3.8, 4) is 0 Å². The van der Waals surface area contributed by atoms with E-state index < -0.39 is 0 Å². The van der Waals surface area contributed by atoms with Crippen LogP contribution in [-0.2, 0) is 6.54 Å². The number of nitrogens with zero attached hydrogens (tertiary/aromatic N) is 2. The quantitative estimate of drug-likeness (QED) is 0.620. The number of halogens is 3. The second-order valence-electron chi connectivity index (χ2n) is 6.44. The van der Waals surface area contributed by atoms with Gasteiger partial charge in [0.25, 0.3) is 0 Å². The molecular formula is C16H19BrClFN2. The molecule has 114 valence electrons. The Bertz CT molecular complexity index is 674. The van der Waals surface area contributed by atoms with Crippen LogP contribution in [0.25, 0.3) is 11.0 Å². The first-order valence-corrected chi connectivity index (χ1v) is 8.62. The Morgan fingerprint density at radius 3 is 2.71 bits per heavy atom. The number of hydrogen-bond donors (Lipinski definition) is 0. The minimum Gasteiger partial charge on any atom is -0.326 e. The summed E-state index contributed by atoms with van der Waals surface area (Å²) in [6.07, 6.45) is 5.02. The van der Waals surface area contributed by atoms with Crippen LogP contribution >= 0.6 is 27.5 Å². The predicted octanol–water partition coefficient (Wildman–Crippen LogP) is 5.82. The Hall–Kier alpha value is -0.610. The van der Waals surface area contributed by atoms with E-state index in [1.807, 2.05) is 13.0 Å². The summed E-state index contributed by atoms with van der Waals surface area (Å²) in [7, 11) is 0. The Morgan fingerprint density at radius 1 is 1.43 bits per heavy atom. The molecule has 0 N–H and O–H groups in total. The molecule has 0 saturated heterocycles. The molecule has 1 aliphatic rings. The van der Waals surface area contributed by atoms with Crippen LogP contribution in [0, 0.1) is 11.2 Å². The van der Waals surface area contributed by atoms with Gasteiger partial charge in [0.2, 0.25) is 0 Å². The van der Waals surface area contributed by atoms with Crippen LogP contribution in [0.1, 0.15) is 50.7 Å². The molecule has 21 heavy (non-hydrogen) atoms. The predicted molar refractivity (Wildman–Crippen MR) is 88.2 cm³/mol. The third kappa shape index (κ3) is 2.85. The topological polar surface area (TPSA) is 17.8 Å². The van der Waals surface area contributed by atoms with Crippen LogP contribution in [0.3, 0.4) is 0 Å². The van der Waals surface area contributed by atoms with Crippen LogP contribution in [0.15, 0.2) is 16.6 Å². The molecule has 1 aliphatic carbocycles. The van der Waals surface area contributed by atoms with Crippen LogP contribution in [0.2, 0.25) is 0 Å². The highest BCUT2D eigenvalue weighted by Gasteiger charge is 2.31. The first-order chi connectivity index (χ1) is 9.89. The molecule has 1 fully saturated rings. The number of imidazole rings is 1. The van der Waals surface area contributed by atoms with E-state index >= 15 is 0 Å². The number of fused-ring (bicyclic) bond motifs is 1. The maximum atomic E-state index is 13.7. The first-order valence-electron chi connectivity index (χ1n) is 7.39. The molecule has 1 unspecified atom stereocenters. The molecule has 1 aromatic carbocycles. The van der Waals surface area contributed by atoms with Gasteiger partial charge in [0.1, 0.15) is 11.6 Å². The second-order valence-corrected chi connectivity index (χ2v) is 7.95. The van der Waals surface area contributed by atoms with E-state index in [9.17, 15) is 4.39 Å². The molecule has 1 atom stereocenters. The smallest absolute Gasteiger partial charge is 0.139 e. The van der Waals surface area contributed by atoms with Crippen molar-refractivity contribution in [3.63, 3.8) is 0 Å². The van der Waals surface area contributed by atoms with Gasteiger partial charge in [0.05, 0.1) is 20.9 Å². The van der Waals surface area contributed by atoms with Gasteiger partial charge >= 0.3 is 0 Å². The Kier molecular flexibility index (Phi) is 4.04. The Morgan fingerprint density at radius 2 is 2.10 bits per heavy atom. The summed E-state index contributed by atoms with van der Waals surface area (Å²) in [6, 6.07) is 3.30. The fraction of sp³-hybridized carbons (Fsp3) is 0.562. The second kappa shape index (κ2) is 5.54. The molecule has 0 bridgehead atoms. The lowest BCUT2D eigenvalue weighted by Gasteiger charge is -2.26. The van der Waals surface area contributed by atoms with E-state index in [4.69, 9.17) is 11.6 Å². The molecule has 0 amide bonds.